The lowest BCUT2D eigenvalue weighted by molar-refractivity contribution is 0.314. The first-order chi connectivity index (χ1) is 7.92. The number of benzene rings is 1. The molecule has 4 aromatic rings. The van der Waals surface area contributed by atoms with Gasteiger partial charge < -0.3 is 0 Å². The molecule has 1 N–H and O–H groups in total. The molecule has 6 heteroatoms. The van der Waals surface area contributed by atoms with Crippen LogP contribution in [0.3, 0.4) is 0 Å². The highest BCUT2D eigenvalue weighted by atomic mass is 16.6. The highest BCUT2D eigenvalue weighted by Gasteiger charge is 2.11. The second-order valence-corrected chi connectivity index (χ2v) is 3.48. The van der Waals surface area contributed by atoms with Gasteiger partial charge in [0.1, 0.15) is 5.52 Å². The normalized spacial score (nSPS) is 11.8. The van der Waals surface area contributed by atoms with Crippen molar-refractivity contribution >= 4 is 33.4 Å². The number of nitrogens with one attached hydrogen (secondary N) is 1. The summed E-state index contributed by atoms with van der Waals surface area (Å²) >= 11 is 0. The summed E-state index contributed by atoms with van der Waals surface area (Å²) in [4.78, 5) is 13.0. The lowest BCUT2D eigenvalue weighted by Gasteiger charge is -1.87. The zero-order chi connectivity index (χ0) is 10.5. The van der Waals surface area contributed by atoms with Crippen LogP contribution in [-0.4, -0.2) is 25.3 Å². The Morgan fingerprint density at radius 1 is 1.00 bits per heavy atom. The number of hydrogen-bond acceptors (Lipinski definition) is 5. The maximum atomic E-state index is 4.69. The van der Waals surface area contributed by atoms with E-state index in [9.17, 15) is 0 Å². The van der Waals surface area contributed by atoms with Gasteiger partial charge in [-0.05, 0) is 11.2 Å². The molecular weight excluding hydrogens is 206 g/mol. The molecule has 0 aliphatic rings. The van der Waals surface area contributed by atoms with Crippen LogP contribution in [0.2, 0.25) is 0 Å². The Hall–Kier alpha value is -2.50. The predicted octanol–water partition coefficient (Wildman–Crippen LogP) is 1.65. The molecule has 6 nitrogen and oxygen atoms in total. The molecule has 0 unspecified atom stereocenters. The van der Waals surface area contributed by atoms with Gasteiger partial charge in [0.2, 0.25) is 11.3 Å². The highest BCUT2D eigenvalue weighted by molar-refractivity contribution is 6.04. The van der Waals surface area contributed by atoms with Crippen LogP contribution >= 0.6 is 0 Å². The first kappa shape index (κ1) is 7.75. The maximum absolute atomic E-state index is 4.69. The molecular formula is C10H5N5O. The highest BCUT2D eigenvalue weighted by Crippen LogP contribution is 2.23. The number of aromatic nitrogens is 5. The van der Waals surface area contributed by atoms with Crippen LogP contribution in [-0.2, 0) is 0 Å². The van der Waals surface area contributed by atoms with E-state index in [0.717, 1.165) is 16.4 Å². The van der Waals surface area contributed by atoms with Gasteiger partial charge in [0.15, 0.2) is 5.65 Å². The number of aromatic amines is 1. The Kier molecular flexibility index (Phi) is 1.23. The molecule has 0 aliphatic heterocycles. The summed E-state index contributed by atoms with van der Waals surface area (Å²) in [7, 11) is 0. The molecule has 1 aromatic carbocycles. The van der Waals surface area contributed by atoms with Gasteiger partial charge in [0.25, 0.3) is 0 Å². The molecule has 0 saturated carbocycles. The fourth-order valence-electron chi connectivity index (χ4n) is 1.80. The van der Waals surface area contributed by atoms with Gasteiger partial charge in [-0.3, -0.25) is 4.63 Å². The average molecular weight is 211 g/mol. The van der Waals surface area contributed by atoms with E-state index in [4.69, 9.17) is 0 Å². The zero-order valence-corrected chi connectivity index (χ0v) is 8.01. The van der Waals surface area contributed by atoms with Crippen LogP contribution < -0.4 is 0 Å². The van der Waals surface area contributed by atoms with Crippen LogP contribution in [0.25, 0.3) is 33.4 Å². The Labute approximate surface area is 88.3 Å². The van der Waals surface area contributed by atoms with E-state index in [2.05, 4.69) is 29.9 Å². The van der Waals surface area contributed by atoms with Gasteiger partial charge in [-0.25, -0.2) is 15.0 Å². The van der Waals surface area contributed by atoms with Crippen LogP contribution in [0.4, 0.5) is 0 Å². The molecule has 0 atom stereocenters. The van der Waals surface area contributed by atoms with E-state index < -0.39 is 0 Å². The number of para-hydroxylation sites is 1. The molecule has 3 heterocycles. The lowest BCUT2D eigenvalue weighted by Crippen LogP contribution is -1.83. The molecule has 3 aromatic heterocycles. The van der Waals surface area contributed by atoms with Crippen molar-refractivity contribution in [3.63, 3.8) is 0 Å². The lowest BCUT2D eigenvalue weighted by atomic mass is 10.2. The first-order valence-electron chi connectivity index (χ1n) is 4.78. The molecule has 0 spiro atoms. The number of fused-ring (bicyclic) bond motifs is 4. The smallest absolute Gasteiger partial charge is 0.242 e. The third kappa shape index (κ3) is 0.855. The second-order valence-electron chi connectivity index (χ2n) is 3.48. The van der Waals surface area contributed by atoms with Crippen molar-refractivity contribution < 1.29 is 4.63 Å². The summed E-state index contributed by atoms with van der Waals surface area (Å²) in [5, 5.41) is 7.26. The van der Waals surface area contributed by atoms with Crippen molar-refractivity contribution in [1.82, 2.24) is 25.3 Å². The van der Waals surface area contributed by atoms with Gasteiger partial charge in [0.05, 0.1) is 5.52 Å². The molecule has 16 heavy (non-hydrogen) atoms. The Morgan fingerprint density at radius 3 is 2.94 bits per heavy atom. The molecule has 0 radical (unpaired) electrons. The number of rotatable bonds is 0. The maximum Gasteiger partial charge on any atom is 0.242 e. The molecule has 0 aliphatic carbocycles. The third-order valence-electron chi connectivity index (χ3n) is 2.52. The summed E-state index contributed by atoms with van der Waals surface area (Å²) in [5.41, 5.74) is 3.22. The number of hydrogen-bond donors (Lipinski definition) is 1. The fraction of sp³-hybridized carbons (Fsp3) is 0. The standard InChI is InChI=1S/C10H5N5O/c1-2-4-6-5(3-1)7-8(11-6)13-10-9(12-7)14-16-15-10/h1-4H,(H,12,14). The van der Waals surface area contributed by atoms with Crippen LogP contribution in [0.5, 0.6) is 0 Å². The van der Waals surface area contributed by atoms with Gasteiger partial charge in [-0.2, -0.15) is 5.16 Å². The van der Waals surface area contributed by atoms with Gasteiger partial charge in [0, 0.05) is 5.39 Å². The molecule has 76 valence electrons. The van der Waals surface area contributed by atoms with Crippen molar-refractivity contribution in [2.45, 2.75) is 0 Å². The monoisotopic (exact) mass is 211 g/mol. The number of nitrogens with zero attached hydrogens (tertiary/aromatic N) is 4. The quantitative estimate of drug-likeness (QED) is 0.478. The van der Waals surface area contributed by atoms with E-state index in [0.29, 0.717) is 16.9 Å². The summed E-state index contributed by atoms with van der Waals surface area (Å²) in [6.45, 7) is 0. The summed E-state index contributed by atoms with van der Waals surface area (Å²) in [5.74, 6) is 0. The van der Waals surface area contributed by atoms with Crippen molar-refractivity contribution in [1.29, 1.82) is 0 Å². The summed E-state index contributed by atoms with van der Waals surface area (Å²) in [6, 6.07) is 7.80. The van der Waals surface area contributed by atoms with Crippen molar-refractivity contribution in [3.8, 4) is 0 Å². The summed E-state index contributed by atoms with van der Waals surface area (Å²) in [6.07, 6.45) is 0. The zero-order valence-electron chi connectivity index (χ0n) is 8.01. The van der Waals surface area contributed by atoms with E-state index in [1.807, 2.05) is 24.3 Å². The van der Waals surface area contributed by atoms with E-state index in [1.165, 1.54) is 0 Å². The van der Waals surface area contributed by atoms with Crippen LogP contribution in [0, 0.1) is 0 Å². The largest absolute Gasteiger partial charge is 0.267 e. The topological polar surface area (TPSA) is 80.5 Å². The van der Waals surface area contributed by atoms with E-state index in [1.54, 1.807) is 0 Å². The minimum absolute atomic E-state index is 0.440. The van der Waals surface area contributed by atoms with Crippen LogP contribution in [0.1, 0.15) is 0 Å². The molecule has 0 bridgehead atoms. The molecule has 0 saturated heterocycles. The van der Waals surface area contributed by atoms with Crippen molar-refractivity contribution in [2.24, 2.45) is 0 Å². The van der Waals surface area contributed by atoms with Crippen molar-refractivity contribution in [3.05, 3.63) is 24.3 Å². The number of H-pyrrole nitrogens is 1. The van der Waals surface area contributed by atoms with Crippen molar-refractivity contribution in [2.75, 3.05) is 0 Å². The molecule has 4 rings (SSSR count). The van der Waals surface area contributed by atoms with Gasteiger partial charge >= 0.3 is 0 Å². The minimum Gasteiger partial charge on any atom is -0.267 e. The fourth-order valence-corrected chi connectivity index (χ4v) is 1.80. The van der Waals surface area contributed by atoms with E-state index >= 15 is 0 Å². The molecule has 0 amide bonds. The van der Waals surface area contributed by atoms with Gasteiger partial charge in [-0.15, -0.1) is 0 Å². The summed E-state index contributed by atoms with van der Waals surface area (Å²) < 4.78 is 4.69. The first-order valence-corrected chi connectivity index (χ1v) is 4.78. The third-order valence-corrected chi connectivity index (χ3v) is 2.52. The van der Waals surface area contributed by atoms with Gasteiger partial charge in [-0.1, -0.05) is 18.2 Å². The molecule has 0 fully saturated rings. The second kappa shape index (κ2) is 2.54. The Morgan fingerprint density at radius 2 is 1.94 bits per heavy atom. The van der Waals surface area contributed by atoms with E-state index in [-0.39, 0.29) is 0 Å². The SMILES string of the molecule is c1ccc2c(c1)nc1nc3no[nH]c3nc12. The Balaban J connectivity index is 2.32. The van der Waals surface area contributed by atoms with Crippen LogP contribution in [0.15, 0.2) is 28.9 Å². The Bertz CT molecular complexity index is 816. The average Bonchev–Trinajstić information content (AvgIpc) is 2.88. The predicted molar refractivity (Wildman–Crippen MR) is 56.8 cm³/mol. The minimum atomic E-state index is 0.440.